The topological polar surface area (TPSA) is 94.6 Å². The second-order valence-corrected chi connectivity index (χ2v) is 6.85. The van der Waals surface area contributed by atoms with Crippen LogP contribution in [0.15, 0.2) is 27.4 Å². The van der Waals surface area contributed by atoms with Crippen LogP contribution in [0, 0.1) is 19.8 Å². The zero-order valence-corrected chi connectivity index (χ0v) is 14.8. The average Bonchev–Trinajstić information content (AvgIpc) is 2.55. The lowest BCUT2D eigenvalue weighted by Gasteiger charge is -2.32. The van der Waals surface area contributed by atoms with Gasteiger partial charge in [0.05, 0.1) is 6.10 Å². The first-order chi connectivity index (χ1) is 11.9. The van der Waals surface area contributed by atoms with Gasteiger partial charge in [-0.05, 0) is 56.4 Å². The van der Waals surface area contributed by atoms with Gasteiger partial charge in [-0.3, -0.25) is 4.79 Å². The average molecular weight is 344 g/mol. The molecule has 0 spiro atoms. The molecule has 1 fully saturated rings. The number of anilines is 1. The van der Waals surface area contributed by atoms with Crippen molar-refractivity contribution in [3.63, 3.8) is 0 Å². The van der Waals surface area contributed by atoms with E-state index in [0.29, 0.717) is 12.0 Å². The number of hydrogen-bond acceptors (Lipinski definition) is 5. The highest BCUT2D eigenvalue weighted by Crippen LogP contribution is 2.29. The predicted octanol–water partition coefficient (Wildman–Crippen LogP) is 2.49. The number of amides is 1. The largest absolute Gasteiger partial charge is 0.423 e. The van der Waals surface area contributed by atoms with Gasteiger partial charge in [0.2, 0.25) is 5.91 Å². The van der Waals surface area contributed by atoms with Crippen LogP contribution in [0.4, 0.5) is 5.69 Å². The monoisotopic (exact) mass is 344 g/mol. The smallest absolute Gasteiger partial charge is 0.336 e. The third-order valence-electron chi connectivity index (χ3n) is 5.06. The van der Waals surface area contributed by atoms with Crippen LogP contribution in [0.1, 0.15) is 30.4 Å². The molecule has 0 unspecified atom stereocenters. The van der Waals surface area contributed by atoms with Gasteiger partial charge in [0.15, 0.2) is 0 Å². The highest BCUT2D eigenvalue weighted by Gasteiger charge is 2.32. The van der Waals surface area contributed by atoms with E-state index in [9.17, 15) is 9.59 Å². The number of rotatable bonds is 3. The first kappa shape index (κ1) is 17.6. The maximum absolute atomic E-state index is 12.7. The molecule has 0 radical (unpaired) electrons. The van der Waals surface area contributed by atoms with E-state index in [0.717, 1.165) is 35.0 Å². The van der Waals surface area contributed by atoms with Crippen LogP contribution >= 0.6 is 0 Å². The normalized spacial score (nSPS) is 23.6. The fourth-order valence-corrected chi connectivity index (χ4v) is 3.54. The van der Waals surface area contributed by atoms with Crippen molar-refractivity contribution in [2.45, 2.75) is 45.3 Å². The Labute approximate surface area is 146 Å². The van der Waals surface area contributed by atoms with E-state index in [2.05, 4.69) is 5.32 Å². The summed E-state index contributed by atoms with van der Waals surface area (Å²) in [7, 11) is 1.66. The molecule has 3 N–H and O–H groups in total. The quantitative estimate of drug-likeness (QED) is 0.834. The Morgan fingerprint density at radius 3 is 2.68 bits per heavy atom. The fraction of sp³-hybridized carbons (Fsp3) is 0.474. The van der Waals surface area contributed by atoms with E-state index in [1.807, 2.05) is 19.9 Å². The van der Waals surface area contributed by atoms with Gasteiger partial charge in [-0.25, -0.2) is 4.79 Å². The zero-order chi connectivity index (χ0) is 18.1. The molecule has 0 bridgehead atoms. The molecule has 1 amide bonds. The van der Waals surface area contributed by atoms with Crippen LogP contribution in [0.3, 0.4) is 0 Å². The Morgan fingerprint density at radius 2 is 2.00 bits per heavy atom. The van der Waals surface area contributed by atoms with E-state index < -0.39 is 0 Å². The molecule has 0 aliphatic heterocycles. The Bertz CT molecular complexity index is 858. The third-order valence-corrected chi connectivity index (χ3v) is 5.06. The van der Waals surface area contributed by atoms with Gasteiger partial charge in [0, 0.05) is 36.2 Å². The summed E-state index contributed by atoms with van der Waals surface area (Å²) in [6, 6.07) is 4.98. The maximum Gasteiger partial charge on any atom is 0.336 e. The number of fused-ring (bicyclic) bond motifs is 1. The molecule has 6 heteroatoms. The molecule has 134 valence electrons. The Balaban J connectivity index is 1.82. The van der Waals surface area contributed by atoms with Crippen molar-refractivity contribution in [2.24, 2.45) is 11.7 Å². The number of ether oxygens (including phenoxy) is 1. The Hall–Kier alpha value is -2.18. The first-order valence-corrected chi connectivity index (χ1v) is 8.53. The van der Waals surface area contributed by atoms with Crippen LogP contribution in [0.5, 0.6) is 0 Å². The number of hydrogen-bond donors (Lipinski definition) is 2. The number of benzene rings is 1. The SMILES string of the molecule is CO[C@@H]1CC[C@H](C(=O)Nc2cc3c(C)cc(=O)oc3cc2C)C[C@H]1N. The van der Waals surface area contributed by atoms with Crippen molar-refractivity contribution in [1.29, 1.82) is 0 Å². The van der Waals surface area contributed by atoms with Gasteiger partial charge in [-0.1, -0.05) is 0 Å². The van der Waals surface area contributed by atoms with Crippen molar-refractivity contribution >= 4 is 22.6 Å². The van der Waals surface area contributed by atoms with Crippen LogP contribution < -0.4 is 16.7 Å². The Kier molecular flexibility index (Phi) is 4.92. The summed E-state index contributed by atoms with van der Waals surface area (Å²) in [5, 5.41) is 3.83. The summed E-state index contributed by atoms with van der Waals surface area (Å²) in [5.74, 6) is -0.145. The van der Waals surface area contributed by atoms with E-state index in [1.165, 1.54) is 6.07 Å². The molecule has 3 rings (SSSR count). The van der Waals surface area contributed by atoms with E-state index in [1.54, 1.807) is 13.2 Å². The van der Waals surface area contributed by atoms with E-state index >= 15 is 0 Å². The molecule has 1 aliphatic rings. The van der Waals surface area contributed by atoms with Crippen molar-refractivity contribution in [1.82, 2.24) is 0 Å². The molecule has 1 aromatic heterocycles. The number of methoxy groups -OCH3 is 1. The molecule has 1 saturated carbocycles. The lowest BCUT2D eigenvalue weighted by molar-refractivity contribution is -0.121. The summed E-state index contributed by atoms with van der Waals surface area (Å²) in [4.78, 5) is 24.2. The summed E-state index contributed by atoms with van der Waals surface area (Å²) in [6.07, 6.45) is 2.19. The summed E-state index contributed by atoms with van der Waals surface area (Å²) in [5.41, 5.74) is 8.67. The van der Waals surface area contributed by atoms with Gasteiger partial charge in [-0.2, -0.15) is 0 Å². The van der Waals surface area contributed by atoms with Gasteiger partial charge in [-0.15, -0.1) is 0 Å². The third kappa shape index (κ3) is 3.60. The number of carbonyl (C=O) groups excluding carboxylic acids is 1. The highest BCUT2D eigenvalue weighted by molar-refractivity contribution is 5.96. The standard InChI is InChI=1S/C19H24N2O4/c1-10-7-18(22)25-17-6-11(2)15(9-13(10)17)21-19(23)12-4-5-16(24-3)14(20)8-12/h6-7,9,12,14,16H,4-5,8,20H2,1-3H3,(H,21,23)/t12-,14+,16+/m0/s1. The Morgan fingerprint density at radius 1 is 1.24 bits per heavy atom. The molecule has 2 aromatic rings. The molecule has 3 atom stereocenters. The second kappa shape index (κ2) is 6.98. The molecular formula is C19H24N2O4. The van der Waals surface area contributed by atoms with Crippen molar-refractivity contribution < 1.29 is 13.9 Å². The minimum atomic E-state index is -0.370. The number of aryl methyl sites for hydroxylation is 2. The van der Waals surface area contributed by atoms with Crippen LogP contribution in [-0.2, 0) is 9.53 Å². The lowest BCUT2D eigenvalue weighted by Crippen LogP contribution is -2.44. The number of carbonyl (C=O) groups is 1. The van der Waals surface area contributed by atoms with E-state index in [-0.39, 0.29) is 29.6 Å². The second-order valence-electron chi connectivity index (χ2n) is 6.85. The number of nitrogens with one attached hydrogen (secondary N) is 1. The minimum absolute atomic E-state index is 0.0250. The number of nitrogens with two attached hydrogens (primary N) is 1. The lowest BCUT2D eigenvalue weighted by atomic mass is 9.83. The molecular weight excluding hydrogens is 320 g/mol. The molecule has 1 aromatic carbocycles. The molecule has 0 saturated heterocycles. The zero-order valence-electron chi connectivity index (χ0n) is 14.8. The molecule has 1 heterocycles. The van der Waals surface area contributed by atoms with Gasteiger partial charge < -0.3 is 20.2 Å². The molecule has 25 heavy (non-hydrogen) atoms. The first-order valence-electron chi connectivity index (χ1n) is 8.53. The summed E-state index contributed by atoms with van der Waals surface area (Å²) < 4.78 is 10.6. The van der Waals surface area contributed by atoms with Crippen LogP contribution in [0.25, 0.3) is 11.0 Å². The van der Waals surface area contributed by atoms with Crippen LogP contribution in [0.2, 0.25) is 0 Å². The predicted molar refractivity (Wildman–Crippen MR) is 96.7 cm³/mol. The summed E-state index contributed by atoms with van der Waals surface area (Å²) >= 11 is 0. The summed E-state index contributed by atoms with van der Waals surface area (Å²) in [6.45, 7) is 3.73. The van der Waals surface area contributed by atoms with Crippen LogP contribution in [-0.4, -0.2) is 25.2 Å². The molecule has 6 nitrogen and oxygen atoms in total. The maximum atomic E-state index is 12.7. The van der Waals surface area contributed by atoms with Gasteiger partial charge >= 0.3 is 5.63 Å². The van der Waals surface area contributed by atoms with Gasteiger partial charge in [0.25, 0.3) is 0 Å². The van der Waals surface area contributed by atoms with Crippen molar-refractivity contribution in [3.05, 3.63) is 39.7 Å². The highest BCUT2D eigenvalue weighted by atomic mass is 16.5. The van der Waals surface area contributed by atoms with Crippen molar-refractivity contribution in [2.75, 3.05) is 12.4 Å². The van der Waals surface area contributed by atoms with Gasteiger partial charge in [0.1, 0.15) is 5.58 Å². The van der Waals surface area contributed by atoms with Crippen molar-refractivity contribution in [3.8, 4) is 0 Å². The minimum Gasteiger partial charge on any atom is -0.423 e. The van der Waals surface area contributed by atoms with E-state index in [4.69, 9.17) is 14.9 Å². The fourth-order valence-electron chi connectivity index (χ4n) is 3.54. The molecule has 1 aliphatic carbocycles.